The number of nitrogens with one attached hydrogen (secondary N) is 1. The SMILES string of the molecule is CCOC(=O)NC(=O)CSc1nc2ccccc2c(=O)n1C(C)COC. The van der Waals surface area contributed by atoms with Crippen molar-refractivity contribution >= 4 is 34.7 Å². The number of para-hydroxylation sites is 1. The fourth-order valence-electron chi connectivity index (χ4n) is 2.38. The van der Waals surface area contributed by atoms with E-state index in [1.54, 1.807) is 38.3 Å². The van der Waals surface area contributed by atoms with Gasteiger partial charge in [0.05, 0.1) is 35.9 Å². The van der Waals surface area contributed by atoms with E-state index < -0.39 is 12.0 Å². The van der Waals surface area contributed by atoms with Crippen molar-refractivity contribution in [2.24, 2.45) is 0 Å². The number of carbonyl (C=O) groups excluding carboxylic acids is 2. The minimum atomic E-state index is -0.797. The third-order valence-corrected chi connectivity index (χ3v) is 4.43. The molecule has 0 saturated heterocycles. The standard InChI is InChI=1S/C17H21N3O5S/c1-4-25-17(23)19-14(21)10-26-16-18-13-8-6-5-7-12(13)15(22)20(16)11(2)9-24-3/h5-8,11H,4,9-10H2,1-3H3,(H,19,21,23). The van der Waals surface area contributed by atoms with Crippen LogP contribution in [0.4, 0.5) is 4.79 Å². The molecule has 0 fully saturated rings. The molecule has 1 aromatic carbocycles. The summed E-state index contributed by atoms with van der Waals surface area (Å²) in [4.78, 5) is 40.5. The van der Waals surface area contributed by atoms with Crippen LogP contribution in [0.25, 0.3) is 10.9 Å². The summed E-state index contributed by atoms with van der Waals surface area (Å²) in [5.41, 5.74) is 0.347. The highest BCUT2D eigenvalue weighted by Gasteiger charge is 2.18. The summed E-state index contributed by atoms with van der Waals surface area (Å²) < 4.78 is 11.3. The lowest BCUT2D eigenvalue weighted by Crippen LogP contribution is -2.33. The molecular formula is C17H21N3O5S. The van der Waals surface area contributed by atoms with Crippen molar-refractivity contribution in [1.29, 1.82) is 0 Å². The highest BCUT2D eigenvalue weighted by atomic mass is 32.2. The predicted molar refractivity (Wildman–Crippen MR) is 98.5 cm³/mol. The Labute approximate surface area is 154 Å². The lowest BCUT2D eigenvalue weighted by Gasteiger charge is -2.18. The summed E-state index contributed by atoms with van der Waals surface area (Å²) in [5.74, 6) is -0.606. The molecule has 9 heteroatoms. The summed E-state index contributed by atoms with van der Waals surface area (Å²) >= 11 is 1.07. The first kappa shape index (κ1) is 19.9. The summed E-state index contributed by atoms with van der Waals surface area (Å²) in [6, 6.07) is 6.75. The Morgan fingerprint density at radius 2 is 2.08 bits per heavy atom. The van der Waals surface area contributed by atoms with Crippen LogP contribution in [0, 0.1) is 0 Å². The van der Waals surface area contributed by atoms with Gasteiger partial charge in [0.15, 0.2) is 5.16 Å². The van der Waals surface area contributed by atoms with Crippen LogP contribution in [-0.4, -0.2) is 47.6 Å². The highest BCUT2D eigenvalue weighted by molar-refractivity contribution is 7.99. The Morgan fingerprint density at radius 3 is 2.77 bits per heavy atom. The monoisotopic (exact) mass is 379 g/mol. The Morgan fingerprint density at radius 1 is 1.35 bits per heavy atom. The van der Waals surface area contributed by atoms with E-state index in [4.69, 9.17) is 4.74 Å². The third-order valence-electron chi connectivity index (χ3n) is 3.47. The smallest absolute Gasteiger partial charge is 0.413 e. The van der Waals surface area contributed by atoms with E-state index in [1.807, 2.05) is 6.92 Å². The number of imide groups is 1. The molecule has 26 heavy (non-hydrogen) atoms. The Kier molecular flexibility index (Phi) is 7.16. The first-order valence-electron chi connectivity index (χ1n) is 8.07. The number of nitrogens with zero attached hydrogens (tertiary/aromatic N) is 2. The number of hydrogen-bond acceptors (Lipinski definition) is 7. The van der Waals surface area contributed by atoms with Gasteiger partial charge in [0.2, 0.25) is 5.91 Å². The van der Waals surface area contributed by atoms with E-state index in [2.05, 4.69) is 15.0 Å². The van der Waals surface area contributed by atoms with Crippen molar-refractivity contribution in [2.45, 2.75) is 25.0 Å². The third kappa shape index (κ3) is 4.83. The van der Waals surface area contributed by atoms with Gasteiger partial charge in [-0.2, -0.15) is 0 Å². The van der Waals surface area contributed by atoms with Crippen molar-refractivity contribution in [1.82, 2.24) is 14.9 Å². The molecule has 2 amide bonds. The first-order chi connectivity index (χ1) is 12.5. The van der Waals surface area contributed by atoms with Crippen LogP contribution in [0.2, 0.25) is 0 Å². The van der Waals surface area contributed by atoms with E-state index in [0.717, 1.165) is 11.8 Å². The van der Waals surface area contributed by atoms with Gasteiger partial charge in [-0.05, 0) is 26.0 Å². The lowest BCUT2D eigenvalue weighted by atomic mass is 10.2. The number of aromatic nitrogens is 2. The van der Waals surface area contributed by atoms with E-state index >= 15 is 0 Å². The van der Waals surface area contributed by atoms with Gasteiger partial charge in [0, 0.05) is 7.11 Å². The van der Waals surface area contributed by atoms with Crippen LogP contribution in [0.1, 0.15) is 19.9 Å². The average Bonchev–Trinajstić information content (AvgIpc) is 2.60. The fraction of sp³-hybridized carbons (Fsp3) is 0.412. The molecule has 1 heterocycles. The molecule has 0 aliphatic heterocycles. The Bertz CT molecular complexity index is 852. The summed E-state index contributed by atoms with van der Waals surface area (Å²) in [5, 5.41) is 3.00. The number of fused-ring (bicyclic) bond motifs is 1. The van der Waals surface area contributed by atoms with E-state index in [1.165, 1.54) is 4.57 Å². The number of alkyl carbamates (subject to hydrolysis) is 1. The molecule has 0 aliphatic rings. The van der Waals surface area contributed by atoms with Crippen molar-refractivity contribution in [2.75, 3.05) is 26.1 Å². The Hall–Kier alpha value is -2.39. The fourth-order valence-corrected chi connectivity index (χ4v) is 3.28. The van der Waals surface area contributed by atoms with Gasteiger partial charge in [0.1, 0.15) is 0 Å². The van der Waals surface area contributed by atoms with Crippen LogP contribution in [-0.2, 0) is 14.3 Å². The maximum atomic E-state index is 12.9. The summed E-state index contributed by atoms with van der Waals surface area (Å²) in [6.07, 6.45) is -0.797. The molecule has 1 unspecified atom stereocenters. The maximum Gasteiger partial charge on any atom is 0.413 e. The molecule has 1 atom stereocenters. The van der Waals surface area contributed by atoms with Gasteiger partial charge in [0.25, 0.3) is 5.56 Å². The zero-order valence-corrected chi connectivity index (χ0v) is 15.7. The van der Waals surface area contributed by atoms with Crippen molar-refractivity contribution in [3.63, 3.8) is 0 Å². The molecular weight excluding hydrogens is 358 g/mol. The number of thioether (sulfide) groups is 1. The summed E-state index contributed by atoms with van der Waals surface area (Å²) in [7, 11) is 1.55. The molecule has 8 nitrogen and oxygen atoms in total. The zero-order chi connectivity index (χ0) is 19.1. The number of carbonyl (C=O) groups is 2. The van der Waals surface area contributed by atoms with E-state index in [0.29, 0.717) is 22.7 Å². The minimum absolute atomic E-state index is 0.0801. The van der Waals surface area contributed by atoms with E-state index in [-0.39, 0.29) is 24.0 Å². The average molecular weight is 379 g/mol. The topological polar surface area (TPSA) is 99.5 Å². The quantitative estimate of drug-likeness (QED) is 0.580. The molecule has 0 saturated carbocycles. The van der Waals surface area contributed by atoms with Gasteiger partial charge in [-0.25, -0.2) is 9.78 Å². The summed E-state index contributed by atoms with van der Waals surface area (Å²) in [6.45, 7) is 3.98. The van der Waals surface area contributed by atoms with Gasteiger partial charge in [-0.3, -0.25) is 19.5 Å². The first-order valence-corrected chi connectivity index (χ1v) is 9.06. The van der Waals surface area contributed by atoms with Gasteiger partial charge < -0.3 is 9.47 Å². The molecule has 2 rings (SSSR count). The highest BCUT2D eigenvalue weighted by Crippen LogP contribution is 2.21. The minimum Gasteiger partial charge on any atom is -0.450 e. The molecule has 1 N–H and O–H groups in total. The van der Waals surface area contributed by atoms with E-state index in [9.17, 15) is 14.4 Å². The number of hydrogen-bond donors (Lipinski definition) is 1. The maximum absolute atomic E-state index is 12.9. The molecule has 0 spiro atoms. The second-order valence-electron chi connectivity index (χ2n) is 5.45. The molecule has 0 bridgehead atoms. The number of benzene rings is 1. The number of ether oxygens (including phenoxy) is 2. The van der Waals surface area contributed by atoms with Gasteiger partial charge in [-0.1, -0.05) is 23.9 Å². The molecule has 2 aromatic rings. The number of amides is 2. The van der Waals surface area contributed by atoms with Crippen molar-refractivity contribution in [3.05, 3.63) is 34.6 Å². The van der Waals surface area contributed by atoms with Crippen LogP contribution in [0.3, 0.4) is 0 Å². The largest absolute Gasteiger partial charge is 0.450 e. The molecule has 140 valence electrons. The zero-order valence-electron chi connectivity index (χ0n) is 14.9. The Balaban J connectivity index is 2.29. The van der Waals surface area contributed by atoms with Crippen molar-refractivity contribution < 1.29 is 19.1 Å². The van der Waals surface area contributed by atoms with Crippen molar-refractivity contribution in [3.8, 4) is 0 Å². The molecule has 1 aromatic heterocycles. The predicted octanol–water partition coefficient (Wildman–Crippen LogP) is 1.97. The van der Waals surface area contributed by atoms with Gasteiger partial charge >= 0.3 is 6.09 Å². The second kappa shape index (κ2) is 9.35. The van der Waals surface area contributed by atoms with Crippen LogP contribution in [0.15, 0.2) is 34.2 Å². The van der Waals surface area contributed by atoms with Crippen LogP contribution >= 0.6 is 11.8 Å². The van der Waals surface area contributed by atoms with Gasteiger partial charge in [-0.15, -0.1) is 0 Å². The molecule has 0 radical (unpaired) electrons. The van der Waals surface area contributed by atoms with Crippen LogP contribution in [0.5, 0.6) is 0 Å². The van der Waals surface area contributed by atoms with Crippen LogP contribution < -0.4 is 10.9 Å². The number of rotatable bonds is 7. The molecule has 0 aliphatic carbocycles. The lowest BCUT2D eigenvalue weighted by molar-refractivity contribution is -0.117. The second-order valence-corrected chi connectivity index (χ2v) is 6.39. The normalized spacial score (nSPS) is 12.0. The number of methoxy groups -OCH3 is 1.